The number of halogens is 1. The molecule has 3 N–H and O–H groups in total. The van der Waals surface area contributed by atoms with Gasteiger partial charge in [0.1, 0.15) is 5.82 Å². The molecule has 1 saturated carbocycles. The van der Waals surface area contributed by atoms with Crippen molar-refractivity contribution in [3.05, 3.63) is 35.4 Å². The van der Waals surface area contributed by atoms with Crippen LogP contribution in [0.2, 0.25) is 5.02 Å². The fourth-order valence-corrected chi connectivity index (χ4v) is 6.57. The van der Waals surface area contributed by atoms with Gasteiger partial charge in [-0.3, -0.25) is 4.40 Å². The molecule has 1 aliphatic heterocycles. The number of nitrogen functional groups attached to an aromatic ring is 1. The summed E-state index contributed by atoms with van der Waals surface area (Å²) < 4.78 is 2.11. The Labute approximate surface area is 191 Å². The zero-order valence-corrected chi connectivity index (χ0v) is 19.5. The number of pyridine rings is 1. The Morgan fingerprint density at radius 2 is 2.03 bits per heavy atom. The molecule has 2 fully saturated rings. The van der Waals surface area contributed by atoms with Crippen molar-refractivity contribution in [3.8, 4) is 0 Å². The van der Waals surface area contributed by atoms with E-state index in [1.165, 1.54) is 43.9 Å². The minimum absolute atomic E-state index is 0.335. The van der Waals surface area contributed by atoms with E-state index >= 15 is 0 Å². The topological polar surface area (TPSA) is 84.4 Å². The van der Waals surface area contributed by atoms with E-state index in [1.807, 2.05) is 25.4 Å². The average molecular weight is 458 g/mol. The monoisotopic (exact) mass is 457 g/mol. The smallest absolute Gasteiger partial charge is 0.211 e. The van der Waals surface area contributed by atoms with Crippen molar-refractivity contribution < 1.29 is 0 Å². The van der Waals surface area contributed by atoms with E-state index in [4.69, 9.17) is 22.3 Å². The fraction of sp³-hybridized carbons (Fsp3) is 0.500. The summed E-state index contributed by atoms with van der Waals surface area (Å²) >= 11 is 7.93. The molecule has 0 aromatic carbocycles. The van der Waals surface area contributed by atoms with Crippen molar-refractivity contribution >= 4 is 40.8 Å². The van der Waals surface area contributed by atoms with Gasteiger partial charge in [0.2, 0.25) is 5.95 Å². The summed E-state index contributed by atoms with van der Waals surface area (Å²) in [4.78, 5) is 18.0. The fourth-order valence-electron chi connectivity index (χ4n) is 5.36. The standard InChI is InChI=1S/C22H28ClN7S/c1-14-18(31-15-5-9-26-19(24)17(15)23)20-27-10-13-30(20)21(28-14)29-11-7-22(8-12-29)6-3-4-16(22)25-2/h5,9-10,13,16,25H,3-4,6-8,11-12H2,1-2H3,(H2,24,26)/t16-/m1/s1. The molecule has 31 heavy (non-hydrogen) atoms. The lowest BCUT2D eigenvalue weighted by molar-refractivity contribution is 0.177. The Morgan fingerprint density at radius 1 is 1.23 bits per heavy atom. The first-order valence-corrected chi connectivity index (χ1v) is 12.1. The molecule has 5 rings (SSSR count). The second-order valence-electron chi connectivity index (χ2n) is 8.64. The van der Waals surface area contributed by atoms with Crippen molar-refractivity contribution in [2.75, 3.05) is 30.8 Å². The molecule has 4 heterocycles. The third-order valence-electron chi connectivity index (χ3n) is 7.05. The van der Waals surface area contributed by atoms with Crippen LogP contribution in [0.1, 0.15) is 37.8 Å². The Balaban J connectivity index is 1.45. The second-order valence-corrected chi connectivity index (χ2v) is 10.1. The van der Waals surface area contributed by atoms with E-state index in [0.717, 1.165) is 40.2 Å². The Hall–Kier alpha value is -2.03. The zero-order chi connectivity index (χ0) is 21.6. The van der Waals surface area contributed by atoms with Crippen molar-refractivity contribution in [2.45, 2.75) is 54.9 Å². The van der Waals surface area contributed by atoms with Gasteiger partial charge < -0.3 is 16.0 Å². The minimum atomic E-state index is 0.335. The van der Waals surface area contributed by atoms with Crippen LogP contribution in [0.25, 0.3) is 5.65 Å². The van der Waals surface area contributed by atoms with Crippen molar-refractivity contribution in [2.24, 2.45) is 5.41 Å². The van der Waals surface area contributed by atoms with Crippen LogP contribution in [0, 0.1) is 12.3 Å². The molecule has 0 amide bonds. The van der Waals surface area contributed by atoms with Gasteiger partial charge in [-0.15, -0.1) is 0 Å². The number of nitrogens with one attached hydrogen (secondary N) is 1. The largest absolute Gasteiger partial charge is 0.382 e. The summed E-state index contributed by atoms with van der Waals surface area (Å²) in [5.41, 5.74) is 8.18. The lowest BCUT2D eigenvalue weighted by Gasteiger charge is -2.43. The van der Waals surface area contributed by atoms with E-state index in [2.05, 4.69) is 31.6 Å². The first-order valence-electron chi connectivity index (χ1n) is 10.9. The Morgan fingerprint density at radius 3 is 2.81 bits per heavy atom. The molecular weight excluding hydrogens is 430 g/mol. The molecule has 1 saturated heterocycles. The first kappa shape index (κ1) is 20.8. The number of imidazole rings is 1. The number of hydrogen-bond donors (Lipinski definition) is 2. The molecule has 164 valence electrons. The maximum atomic E-state index is 6.39. The third kappa shape index (κ3) is 3.54. The number of anilines is 2. The highest BCUT2D eigenvalue weighted by atomic mass is 35.5. The van der Waals surface area contributed by atoms with Gasteiger partial charge in [0.05, 0.1) is 15.6 Å². The van der Waals surface area contributed by atoms with Crippen LogP contribution in [0.5, 0.6) is 0 Å². The third-order valence-corrected chi connectivity index (χ3v) is 8.80. The minimum Gasteiger partial charge on any atom is -0.382 e. The van der Waals surface area contributed by atoms with Crippen LogP contribution < -0.4 is 16.0 Å². The predicted octanol–water partition coefficient (Wildman–Crippen LogP) is 4.18. The van der Waals surface area contributed by atoms with Gasteiger partial charge in [-0.25, -0.2) is 15.0 Å². The van der Waals surface area contributed by atoms with Crippen LogP contribution in [0.3, 0.4) is 0 Å². The second kappa shape index (κ2) is 8.15. The molecular formula is C22H28ClN7S. The Kier molecular flexibility index (Phi) is 5.48. The summed E-state index contributed by atoms with van der Waals surface area (Å²) in [6.07, 6.45) is 11.9. The van der Waals surface area contributed by atoms with Crippen LogP contribution >= 0.6 is 23.4 Å². The van der Waals surface area contributed by atoms with Crippen LogP contribution in [-0.2, 0) is 0 Å². The maximum Gasteiger partial charge on any atom is 0.211 e. The van der Waals surface area contributed by atoms with E-state index in [0.29, 0.717) is 22.3 Å². The first-order chi connectivity index (χ1) is 15.0. The molecule has 9 heteroatoms. The molecule has 3 aromatic rings. The number of nitrogens with two attached hydrogens (primary N) is 1. The average Bonchev–Trinajstić information content (AvgIpc) is 3.41. The van der Waals surface area contributed by atoms with Crippen LogP contribution in [-0.4, -0.2) is 45.5 Å². The zero-order valence-electron chi connectivity index (χ0n) is 17.9. The van der Waals surface area contributed by atoms with Crippen LogP contribution in [0.4, 0.5) is 11.8 Å². The predicted molar refractivity (Wildman–Crippen MR) is 126 cm³/mol. The normalized spacial score (nSPS) is 20.7. The Bertz CT molecular complexity index is 1110. The SMILES string of the molecule is CN[C@@H]1CCCC12CCN(c1nc(C)c(Sc3ccnc(N)c3Cl)c3nccn13)CC2. The van der Waals surface area contributed by atoms with E-state index in [9.17, 15) is 0 Å². The van der Waals surface area contributed by atoms with Gasteiger partial charge in [-0.2, -0.15) is 0 Å². The van der Waals surface area contributed by atoms with E-state index < -0.39 is 0 Å². The van der Waals surface area contributed by atoms with Crippen molar-refractivity contribution in [3.63, 3.8) is 0 Å². The van der Waals surface area contributed by atoms with Gasteiger partial charge in [0.25, 0.3) is 0 Å². The van der Waals surface area contributed by atoms with Crippen molar-refractivity contribution in [1.82, 2.24) is 24.7 Å². The molecule has 0 bridgehead atoms. The number of hydrogen-bond acceptors (Lipinski definition) is 7. The highest BCUT2D eigenvalue weighted by Gasteiger charge is 2.44. The number of aryl methyl sites for hydroxylation is 1. The van der Waals surface area contributed by atoms with Crippen LogP contribution in [0.15, 0.2) is 34.4 Å². The summed E-state index contributed by atoms with van der Waals surface area (Å²) in [6.45, 7) is 4.09. The van der Waals surface area contributed by atoms with Gasteiger partial charge in [0.15, 0.2) is 5.65 Å². The van der Waals surface area contributed by atoms with E-state index in [1.54, 1.807) is 6.20 Å². The summed E-state index contributed by atoms with van der Waals surface area (Å²) in [5.74, 6) is 1.31. The van der Waals surface area contributed by atoms with Gasteiger partial charge in [-0.1, -0.05) is 29.8 Å². The number of fused-ring (bicyclic) bond motifs is 1. The number of aromatic nitrogens is 4. The summed E-state index contributed by atoms with van der Waals surface area (Å²) in [6, 6.07) is 2.52. The van der Waals surface area contributed by atoms with Gasteiger partial charge >= 0.3 is 0 Å². The highest BCUT2D eigenvalue weighted by Crippen LogP contribution is 2.47. The van der Waals surface area contributed by atoms with Gasteiger partial charge in [0, 0.05) is 42.6 Å². The molecule has 2 aliphatic rings. The van der Waals surface area contributed by atoms with E-state index in [-0.39, 0.29) is 0 Å². The summed E-state index contributed by atoms with van der Waals surface area (Å²) in [5, 5.41) is 4.05. The molecule has 0 unspecified atom stereocenters. The quantitative estimate of drug-likeness (QED) is 0.607. The molecule has 3 aromatic heterocycles. The summed E-state index contributed by atoms with van der Waals surface area (Å²) in [7, 11) is 2.11. The maximum absolute atomic E-state index is 6.39. The highest BCUT2D eigenvalue weighted by molar-refractivity contribution is 7.99. The number of rotatable bonds is 4. The molecule has 7 nitrogen and oxygen atoms in total. The molecule has 1 atom stereocenters. The molecule has 1 aliphatic carbocycles. The molecule has 1 spiro atoms. The van der Waals surface area contributed by atoms with Crippen molar-refractivity contribution in [1.29, 1.82) is 0 Å². The lowest BCUT2D eigenvalue weighted by Crippen LogP contribution is -2.48. The lowest BCUT2D eigenvalue weighted by atomic mass is 9.74. The molecule has 0 radical (unpaired) electrons. The number of nitrogens with zero attached hydrogens (tertiary/aromatic N) is 5. The van der Waals surface area contributed by atoms with Gasteiger partial charge in [-0.05, 0) is 51.1 Å². The number of piperidine rings is 1.